The zero-order chi connectivity index (χ0) is 20.6. The van der Waals surface area contributed by atoms with Gasteiger partial charge in [0, 0.05) is 13.0 Å². The first kappa shape index (κ1) is 22.5. The maximum absolute atomic E-state index is 11.4. The summed E-state index contributed by atoms with van der Waals surface area (Å²) in [5.41, 5.74) is -0.0379. The maximum atomic E-state index is 11.4. The Morgan fingerprint density at radius 1 is 1.18 bits per heavy atom. The van der Waals surface area contributed by atoms with Crippen molar-refractivity contribution in [2.45, 2.75) is 45.3 Å². The van der Waals surface area contributed by atoms with E-state index < -0.39 is 5.60 Å². The Labute approximate surface area is 168 Å². The van der Waals surface area contributed by atoms with Gasteiger partial charge in [-0.2, -0.15) is 0 Å². The Hall–Kier alpha value is -1.82. The van der Waals surface area contributed by atoms with Crippen molar-refractivity contribution in [2.75, 3.05) is 27.6 Å². The van der Waals surface area contributed by atoms with Gasteiger partial charge in [0.15, 0.2) is 0 Å². The normalized spacial score (nSPS) is 24.8. The largest absolute Gasteiger partial charge is 0.497 e. The van der Waals surface area contributed by atoms with E-state index in [1.54, 1.807) is 20.3 Å². The number of allylic oxidation sites excluding steroid dienone is 1. The van der Waals surface area contributed by atoms with E-state index in [9.17, 15) is 5.11 Å². The first-order valence-electron chi connectivity index (χ1n) is 9.85. The van der Waals surface area contributed by atoms with Crippen LogP contribution in [0.2, 0.25) is 0 Å². The van der Waals surface area contributed by atoms with Crippen LogP contribution in [0.15, 0.2) is 48.1 Å². The van der Waals surface area contributed by atoms with Gasteiger partial charge in [-0.1, -0.05) is 37.6 Å². The topological polar surface area (TPSA) is 57.2 Å². The van der Waals surface area contributed by atoms with Crippen molar-refractivity contribution in [2.24, 2.45) is 11.8 Å². The molecule has 156 valence electrons. The third-order valence-corrected chi connectivity index (χ3v) is 5.05. The Morgan fingerprint density at radius 3 is 2.46 bits per heavy atom. The fourth-order valence-electron chi connectivity index (χ4n) is 3.49. The van der Waals surface area contributed by atoms with Gasteiger partial charge < -0.3 is 24.1 Å². The van der Waals surface area contributed by atoms with Gasteiger partial charge in [0.1, 0.15) is 30.5 Å². The second kappa shape index (κ2) is 10.6. The minimum absolute atomic E-state index is 0.142. The Bertz CT molecular complexity index is 649. The monoisotopic (exact) mass is 390 g/mol. The van der Waals surface area contributed by atoms with Crippen LogP contribution in [0.4, 0.5) is 0 Å². The lowest BCUT2D eigenvalue weighted by atomic mass is 9.83. The molecule has 0 spiro atoms. The molecular formula is C23H34O5. The molecule has 1 N–H and O–H groups in total. The third-order valence-electron chi connectivity index (χ3n) is 5.05. The van der Waals surface area contributed by atoms with Crippen LogP contribution in [-0.4, -0.2) is 44.4 Å². The molecule has 0 fully saturated rings. The first-order valence-corrected chi connectivity index (χ1v) is 9.85. The second-order valence-electron chi connectivity index (χ2n) is 7.75. The summed E-state index contributed by atoms with van der Waals surface area (Å²) in [4.78, 5) is 0. The molecule has 0 aliphatic heterocycles. The fourth-order valence-corrected chi connectivity index (χ4v) is 3.49. The van der Waals surface area contributed by atoms with Gasteiger partial charge in [-0.15, -0.1) is 0 Å². The quantitative estimate of drug-likeness (QED) is 0.449. The van der Waals surface area contributed by atoms with Crippen molar-refractivity contribution in [3.8, 4) is 11.5 Å². The molecular weight excluding hydrogens is 356 g/mol. The van der Waals surface area contributed by atoms with E-state index in [-0.39, 0.29) is 25.4 Å². The number of hydrogen-bond donors (Lipinski definition) is 1. The molecule has 0 heterocycles. The molecule has 28 heavy (non-hydrogen) atoms. The highest BCUT2D eigenvalue weighted by molar-refractivity contribution is 5.32. The van der Waals surface area contributed by atoms with Gasteiger partial charge >= 0.3 is 0 Å². The minimum Gasteiger partial charge on any atom is -0.497 e. The van der Waals surface area contributed by atoms with Crippen LogP contribution < -0.4 is 9.47 Å². The van der Waals surface area contributed by atoms with Crippen molar-refractivity contribution in [3.63, 3.8) is 0 Å². The van der Waals surface area contributed by atoms with Gasteiger partial charge in [0.2, 0.25) is 0 Å². The van der Waals surface area contributed by atoms with Crippen LogP contribution in [0.5, 0.6) is 11.5 Å². The van der Waals surface area contributed by atoms with Gasteiger partial charge in [-0.3, -0.25) is 0 Å². The standard InChI is InChI=1S/C23H34O5/c1-17(2)7-6-8-18(3)22-21(28-16-25-4)13-14-23(22,24)15-27-20-11-9-19(26-5)10-12-20/h8-14,17,21-22,24H,6-7,15-16H2,1-5H3/b18-8+/t21-,22+,23+/m1/s1. The van der Waals surface area contributed by atoms with E-state index in [1.165, 1.54) is 0 Å². The van der Waals surface area contributed by atoms with Crippen LogP contribution in [0.1, 0.15) is 33.6 Å². The zero-order valence-corrected chi connectivity index (χ0v) is 17.7. The number of ether oxygens (including phenoxy) is 4. The molecule has 2 rings (SSSR count). The van der Waals surface area contributed by atoms with Crippen molar-refractivity contribution < 1.29 is 24.1 Å². The van der Waals surface area contributed by atoms with Crippen LogP contribution in [0.25, 0.3) is 0 Å². The van der Waals surface area contributed by atoms with Crippen molar-refractivity contribution in [1.82, 2.24) is 0 Å². The SMILES string of the molecule is COCO[C@@H]1C=C[C@](O)(COc2ccc(OC)cc2)[C@H]1/C(C)=C/CCC(C)C. The van der Waals surface area contributed by atoms with Crippen molar-refractivity contribution >= 4 is 0 Å². The highest BCUT2D eigenvalue weighted by Gasteiger charge is 2.45. The predicted octanol–water partition coefficient (Wildman–Crippen LogP) is 4.36. The smallest absolute Gasteiger partial charge is 0.147 e. The van der Waals surface area contributed by atoms with Crippen LogP contribution in [-0.2, 0) is 9.47 Å². The molecule has 3 atom stereocenters. The third kappa shape index (κ3) is 6.09. The van der Waals surface area contributed by atoms with E-state index in [0.717, 1.165) is 24.2 Å². The molecule has 0 radical (unpaired) electrons. The highest BCUT2D eigenvalue weighted by atomic mass is 16.7. The van der Waals surface area contributed by atoms with Crippen LogP contribution in [0.3, 0.4) is 0 Å². The van der Waals surface area contributed by atoms with E-state index >= 15 is 0 Å². The lowest BCUT2D eigenvalue weighted by molar-refractivity contribution is -0.0956. The Balaban J connectivity index is 2.11. The molecule has 5 heteroatoms. The summed E-state index contributed by atoms with van der Waals surface area (Å²) in [5, 5.41) is 11.4. The van der Waals surface area contributed by atoms with E-state index in [0.29, 0.717) is 11.7 Å². The molecule has 1 aliphatic carbocycles. The molecule has 0 saturated heterocycles. The molecule has 1 aliphatic rings. The summed E-state index contributed by atoms with van der Waals surface area (Å²) in [6, 6.07) is 7.34. The number of benzene rings is 1. The molecule has 1 aromatic rings. The summed E-state index contributed by atoms with van der Waals surface area (Å²) in [5.74, 6) is 1.88. The van der Waals surface area contributed by atoms with E-state index in [4.69, 9.17) is 18.9 Å². The Kier molecular flexibility index (Phi) is 8.55. The minimum atomic E-state index is -1.14. The number of methoxy groups -OCH3 is 2. The van der Waals surface area contributed by atoms with Crippen LogP contribution in [0, 0.1) is 11.8 Å². The molecule has 0 bridgehead atoms. The summed E-state index contributed by atoms with van der Waals surface area (Å²) in [7, 11) is 3.22. The first-order chi connectivity index (χ1) is 13.4. The van der Waals surface area contributed by atoms with Crippen molar-refractivity contribution in [3.05, 3.63) is 48.1 Å². The summed E-state index contributed by atoms with van der Waals surface area (Å²) < 4.78 is 21.9. The fraction of sp³-hybridized carbons (Fsp3) is 0.565. The van der Waals surface area contributed by atoms with Gasteiger partial charge in [-0.25, -0.2) is 0 Å². The van der Waals surface area contributed by atoms with Crippen LogP contribution >= 0.6 is 0 Å². The molecule has 0 unspecified atom stereocenters. The lowest BCUT2D eigenvalue weighted by Gasteiger charge is -2.33. The molecule has 0 saturated carbocycles. The van der Waals surface area contributed by atoms with Gasteiger partial charge in [0.05, 0.1) is 13.2 Å². The number of hydrogen-bond acceptors (Lipinski definition) is 5. The molecule has 5 nitrogen and oxygen atoms in total. The van der Waals surface area contributed by atoms with Gasteiger partial charge in [-0.05, 0) is 49.9 Å². The van der Waals surface area contributed by atoms with Gasteiger partial charge in [0.25, 0.3) is 0 Å². The molecule has 1 aromatic carbocycles. The number of rotatable bonds is 11. The summed E-state index contributed by atoms with van der Waals surface area (Å²) >= 11 is 0. The summed E-state index contributed by atoms with van der Waals surface area (Å²) in [6.45, 7) is 6.80. The number of aliphatic hydroxyl groups is 1. The summed E-state index contributed by atoms with van der Waals surface area (Å²) in [6.07, 6.45) is 7.75. The maximum Gasteiger partial charge on any atom is 0.147 e. The van der Waals surface area contributed by atoms with E-state index in [2.05, 4.69) is 26.8 Å². The average molecular weight is 391 g/mol. The predicted molar refractivity (Wildman–Crippen MR) is 111 cm³/mol. The molecule has 0 amide bonds. The molecule has 0 aromatic heterocycles. The zero-order valence-electron chi connectivity index (χ0n) is 17.7. The Morgan fingerprint density at radius 2 is 1.86 bits per heavy atom. The average Bonchev–Trinajstić information content (AvgIpc) is 3.01. The lowest BCUT2D eigenvalue weighted by Crippen LogP contribution is -2.44. The second-order valence-corrected chi connectivity index (χ2v) is 7.75. The van der Waals surface area contributed by atoms with E-state index in [1.807, 2.05) is 30.3 Å². The van der Waals surface area contributed by atoms with Crippen molar-refractivity contribution in [1.29, 1.82) is 0 Å². The highest BCUT2D eigenvalue weighted by Crippen LogP contribution is 2.38.